The minimum atomic E-state index is -0.292. The summed E-state index contributed by atoms with van der Waals surface area (Å²) in [5, 5.41) is 0.715. The van der Waals surface area contributed by atoms with Crippen LogP contribution in [0, 0.1) is 5.82 Å². The molecule has 6 heteroatoms. The van der Waals surface area contributed by atoms with E-state index in [4.69, 9.17) is 0 Å². The molecule has 1 amide bonds. The van der Waals surface area contributed by atoms with Gasteiger partial charge in [-0.3, -0.25) is 4.79 Å². The number of nitrogens with zero attached hydrogens (tertiary/aromatic N) is 4. The van der Waals surface area contributed by atoms with Crippen LogP contribution in [0.15, 0.2) is 48.8 Å². The molecule has 2 aliphatic rings. The van der Waals surface area contributed by atoms with E-state index in [0.29, 0.717) is 17.7 Å². The van der Waals surface area contributed by atoms with Gasteiger partial charge in [0, 0.05) is 43.0 Å². The standard InChI is InChI=1S/C22H21FN4O/c23-16-7-8-19-18(12-16)22(25-14-24-19)27-13-15(17-4-1-2-5-20(17)27)9-11-26-10-3-6-21(26)28/h1-2,4-5,7-8,12,14-15H,3,6,9-11,13H2. The van der Waals surface area contributed by atoms with Crippen LogP contribution in [-0.4, -0.2) is 40.4 Å². The summed E-state index contributed by atoms with van der Waals surface area (Å²) in [5.74, 6) is 1.01. The first-order valence-electron chi connectivity index (χ1n) is 9.75. The summed E-state index contributed by atoms with van der Waals surface area (Å²) < 4.78 is 13.9. The van der Waals surface area contributed by atoms with Crippen molar-refractivity contribution < 1.29 is 9.18 Å². The molecule has 0 aliphatic carbocycles. The molecule has 2 aliphatic heterocycles. The van der Waals surface area contributed by atoms with Crippen molar-refractivity contribution in [3.63, 3.8) is 0 Å². The number of fused-ring (bicyclic) bond motifs is 2. The fraction of sp³-hybridized carbons (Fsp3) is 0.318. The molecule has 28 heavy (non-hydrogen) atoms. The van der Waals surface area contributed by atoms with Gasteiger partial charge >= 0.3 is 0 Å². The molecule has 0 spiro atoms. The average molecular weight is 376 g/mol. The largest absolute Gasteiger partial charge is 0.343 e. The van der Waals surface area contributed by atoms with E-state index < -0.39 is 0 Å². The van der Waals surface area contributed by atoms with Gasteiger partial charge in [0.05, 0.1) is 5.52 Å². The van der Waals surface area contributed by atoms with Gasteiger partial charge in [-0.15, -0.1) is 0 Å². The Morgan fingerprint density at radius 1 is 1.14 bits per heavy atom. The number of carbonyl (C=O) groups excluding carboxylic acids is 1. The predicted molar refractivity (Wildman–Crippen MR) is 106 cm³/mol. The van der Waals surface area contributed by atoms with Gasteiger partial charge in [0.2, 0.25) is 5.91 Å². The van der Waals surface area contributed by atoms with Gasteiger partial charge in [-0.25, -0.2) is 14.4 Å². The molecule has 3 heterocycles. The Hall–Kier alpha value is -3.02. The van der Waals surface area contributed by atoms with Crippen LogP contribution in [0.4, 0.5) is 15.9 Å². The minimum absolute atomic E-state index is 0.264. The Balaban J connectivity index is 1.48. The number of aromatic nitrogens is 2. The number of carbonyl (C=O) groups is 1. The molecule has 3 aromatic rings. The van der Waals surface area contributed by atoms with Crippen LogP contribution in [-0.2, 0) is 4.79 Å². The summed E-state index contributed by atoms with van der Waals surface area (Å²) in [5.41, 5.74) is 3.09. The molecule has 5 nitrogen and oxygen atoms in total. The van der Waals surface area contributed by atoms with Crippen LogP contribution >= 0.6 is 0 Å². The fourth-order valence-corrected chi connectivity index (χ4v) is 4.43. The molecule has 0 saturated carbocycles. The van der Waals surface area contributed by atoms with Crippen molar-refractivity contribution in [2.45, 2.75) is 25.2 Å². The lowest BCUT2D eigenvalue weighted by Gasteiger charge is -2.21. The minimum Gasteiger partial charge on any atom is -0.343 e. The molecule has 142 valence electrons. The summed E-state index contributed by atoms with van der Waals surface area (Å²) in [7, 11) is 0. The predicted octanol–water partition coefficient (Wildman–Crippen LogP) is 4.02. The second kappa shape index (κ2) is 6.86. The average Bonchev–Trinajstić information content (AvgIpc) is 3.29. The summed E-state index contributed by atoms with van der Waals surface area (Å²) in [6, 6.07) is 12.9. The number of hydrogen-bond acceptors (Lipinski definition) is 4. The van der Waals surface area contributed by atoms with Gasteiger partial charge in [-0.2, -0.15) is 0 Å². The van der Waals surface area contributed by atoms with Crippen LogP contribution < -0.4 is 4.90 Å². The molecule has 0 N–H and O–H groups in total. The zero-order valence-electron chi connectivity index (χ0n) is 15.5. The van der Waals surface area contributed by atoms with Crippen LogP contribution in [0.2, 0.25) is 0 Å². The van der Waals surface area contributed by atoms with Gasteiger partial charge < -0.3 is 9.80 Å². The van der Waals surface area contributed by atoms with Gasteiger partial charge in [-0.05, 0) is 42.7 Å². The summed E-state index contributed by atoms with van der Waals surface area (Å²) in [4.78, 5) is 24.9. The van der Waals surface area contributed by atoms with E-state index in [1.165, 1.54) is 24.0 Å². The van der Waals surface area contributed by atoms with E-state index in [1.807, 2.05) is 17.0 Å². The Morgan fingerprint density at radius 3 is 2.89 bits per heavy atom. The van der Waals surface area contributed by atoms with E-state index in [-0.39, 0.29) is 11.7 Å². The van der Waals surface area contributed by atoms with Gasteiger partial charge in [0.1, 0.15) is 18.0 Å². The third kappa shape index (κ3) is 2.89. The third-order valence-electron chi connectivity index (χ3n) is 5.82. The maximum Gasteiger partial charge on any atom is 0.222 e. The number of halogens is 1. The first-order chi connectivity index (χ1) is 13.7. The highest BCUT2D eigenvalue weighted by Crippen LogP contribution is 2.43. The molecule has 1 aromatic heterocycles. The second-order valence-electron chi connectivity index (χ2n) is 7.50. The number of hydrogen-bond donors (Lipinski definition) is 0. The lowest BCUT2D eigenvalue weighted by atomic mass is 9.98. The Morgan fingerprint density at radius 2 is 2.04 bits per heavy atom. The zero-order valence-corrected chi connectivity index (χ0v) is 15.5. The van der Waals surface area contributed by atoms with Gasteiger partial charge in [0.15, 0.2) is 0 Å². The van der Waals surface area contributed by atoms with Crippen molar-refractivity contribution in [3.05, 3.63) is 60.2 Å². The topological polar surface area (TPSA) is 49.3 Å². The molecular formula is C22H21FN4O. The lowest BCUT2D eigenvalue weighted by molar-refractivity contribution is -0.127. The van der Waals surface area contributed by atoms with E-state index in [1.54, 1.807) is 6.07 Å². The monoisotopic (exact) mass is 376 g/mol. The van der Waals surface area contributed by atoms with Crippen LogP contribution in [0.1, 0.15) is 30.7 Å². The quantitative estimate of drug-likeness (QED) is 0.690. The number of anilines is 2. The van der Waals surface area contributed by atoms with Crippen molar-refractivity contribution in [1.82, 2.24) is 14.9 Å². The van der Waals surface area contributed by atoms with Crippen molar-refractivity contribution in [3.8, 4) is 0 Å². The van der Waals surface area contributed by atoms with Crippen LogP contribution in [0.25, 0.3) is 10.9 Å². The number of rotatable bonds is 4. The van der Waals surface area contributed by atoms with Crippen molar-refractivity contribution in [2.75, 3.05) is 24.5 Å². The van der Waals surface area contributed by atoms with Crippen molar-refractivity contribution in [1.29, 1.82) is 0 Å². The molecule has 0 radical (unpaired) electrons. The third-order valence-corrected chi connectivity index (χ3v) is 5.82. The smallest absolute Gasteiger partial charge is 0.222 e. The SMILES string of the molecule is O=C1CCCN1CCC1CN(c2ncnc3ccc(F)cc23)c2ccccc21. The van der Waals surface area contributed by atoms with Crippen LogP contribution in [0.5, 0.6) is 0 Å². The molecule has 1 unspecified atom stereocenters. The highest BCUT2D eigenvalue weighted by molar-refractivity contribution is 5.92. The molecular weight excluding hydrogens is 355 g/mol. The first-order valence-corrected chi connectivity index (χ1v) is 9.75. The Kier molecular flexibility index (Phi) is 4.19. The number of amides is 1. The van der Waals surface area contributed by atoms with E-state index in [2.05, 4.69) is 27.0 Å². The van der Waals surface area contributed by atoms with Crippen LogP contribution in [0.3, 0.4) is 0 Å². The molecule has 5 rings (SSSR count). The summed E-state index contributed by atoms with van der Waals surface area (Å²) in [6.07, 6.45) is 4.08. The molecule has 0 bridgehead atoms. The lowest BCUT2D eigenvalue weighted by Crippen LogP contribution is -2.27. The molecule has 1 fully saturated rings. The van der Waals surface area contributed by atoms with Gasteiger partial charge in [0.25, 0.3) is 0 Å². The molecule has 1 saturated heterocycles. The molecule has 1 atom stereocenters. The van der Waals surface area contributed by atoms with E-state index in [0.717, 1.165) is 49.5 Å². The fourth-order valence-electron chi connectivity index (χ4n) is 4.43. The Bertz CT molecular complexity index is 1050. The normalized spacial score (nSPS) is 18.9. The highest BCUT2D eigenvalue weighted by atomic mass is 19.1. The number of para-hydroxylation sites is 1. The van der Waals surface area contributed by atoms with E-state index >= 15 is 0 Å². The zero-order chi connectivity index (χ0) is 19.1. The maximum absolute atomic E-state index is 13.9. The van der Waals surface area contributed by atoms with Gasteiger partial charge in [-0.1, -0.05) is 18.2 Å². The summed E-state index contributed by atoms with van der Waals surface area (Å²) >= 11 is 0. The van der Waals surface area contributed by atoms with Crippen molar-refractivity contribution in [2.24, 2.45) is 0 Å². The maximum atomic E-state index is 13.9. The van der Waals surface area contributed by atoms with E-state index in [9.17, 15) is 9.18 Å². The number of likely N-dealkylation sites (tertiary alicyclic amines) is 1. The molecule has 2 aromatic carbocycles. The number of benzene rings is 2. The highest BCUT2D eigenvalue weighted by Gasteiger charge is 2.32. The Labute approximate surface area is 162 Å². The first kappa shape index (κ1) is 17.1. The van der Waals surface area contributed by atoms with Crippen molar-refractivity contribution >= 4 is 28.3 Å². The summed E-state index contributed by atoms with van der Waals surface area (Å²) in [6.45, 7) is 2.42. The second-order valence-corrected chi connectivity index (χ2v) is 7.50.